The lowest BCUT2D eigenvalue weighted by Crippen LogP contribution is -2.47. The Hall–Kier alpha value is -2.15. The number of likely N-dealkylation sites (tertiary alicyclic amines) is 1. The molecule has 128 valence electrons. The Balaban J connectivity index is 1.65. The molecule has 1 fully saturated rings. The lowest BCUT2D eigenvalue weighted by molar-refractivity contribution is -0.137. The molecular weight excluding hydrogens is 306 g/mol. The highest BCUT2D eigenvalue weighted by Crippen LogP contribution is 2.29. The van der Waals surface area contributed by atoms with Gasteiger partial charge in [-0.3, -0.25) is 9.69 Å². The Morgan fingerprint density at radius 3 is 2.67 bits per heavy atom. The van der Waals surface area contributed by atoms with Crippen molar-refractivity contribution in [3.8, 4) is 0 Å². The minimum Gasteiger partial charge on any atom is -0.465 e. The standard InChI is InChI=1S/C17H23N5O2/c1-12-5-6-14(24-12)11-21-9-10-22-13(2)18-19-16(22)15(21)17(23)20-7-3-4-8-20/h5-6,15H,3-4,7-11H2,1-2H3. The first kappa shape index (κ1) is 15.4. The number of amides is 1. The van der Waals surface area contributed by atoms with E-state index >= 15 is 0 Å². The number of hydrogen-bond acceptors (Lipinski definition) is 5. The molecule has 2 aliphatic heterocycles. The summed E-state index contributed by atoms with van der Waals surface area (Å²) in [6.07, 6.45) is 2.17. The Morgan fingerprint density at radius 1 is 1.17 bits per heavy atom. The molecular formula is C17H23N5O2. The van der Waals surface area contributed by atoms with E-state index in [0.717, 1.165) is 62.2 Å². The van der Waals surface area contributed by atoms with Crippen LogP contribution in [0.1, 0.15) is 42.1 Å². The average molecular weight is 329 g/mol. The smallest absolute Gasteiger partial charge is 0.247 e. The van der Waals surface area contributed by atoms with E-state index in [9.17, 15) is 4.79 Å². The van der Waals surface area contributed by atoms with Crippen LogP contribution in [0.15, 0.2) is 16.5 Å². The van der Waals surface area contributed by atoms with Crippen LogP contribution in [0, 0.1) is 13.8 Å². The molecule has 0 aliphatic carbocycles. The maximum absolute atomic E-state index is 13.2. The van der Waals surface area contributed by atoms with E-state index in [4.69, 9.17) is 4.42 Å². The predicted octanol–water partition coefficient (Wildman–Crippen LogP) is 1.67. The summed E-state index contributed by atoms with van der Waals surface area (Å²) < 4.78 is 7.80. The second-order valence-electron chi connectivity index (χ2n) is 6.67. The SMILES string of the molecule is Cc1ccc(CN2CCn3c(C)nnc3C2C(=O)N2CCCC2)o1. The van der Waals surface area contributed by atoms with Crippen LogP contribution in [0.3, 0.4) is 0 Å². The van der Waals surface area contributed by atoms with E-state index in [1.165, 1.54) is 0 Å². The molecule has 0 bridgehead atoms. The number of fused-ring (bicyclic) bond motifs is 1. The highest BCUT2D eigenvalue weighted by atomic mass is 16.3. The zero-order valence-corrected chi connectivity index (χ0v) is 14.2. The van der Waals surface area contributed by atoms with Gasteiger partial charge in [-0.05, 0) is 38.8 Å². The molecule has 4 rings (SSSR count). The van der Waals surface area contributed by atoms with Crippen molar-refractivity contribution in [2.24, 2.45) is 0 Å². The second kappa shape index (κ2) is 6.05. The molecule has 0 radical (unpaired) electrons. The molecule has 7 heteroatoms. The van der Waals surface area contributed by atoms with Crippen LogP contribution < -0.4 is 0 Å². The van der Waals surface area contributed by atoms with Crippen LogP contribution >= 0.6 is 0 Å². The number of furan rings is 1. The van der Waals surface area contributed by atoms with Gasteiger partial charge in [0.1, 0.15) is 17.3 Å². The molecule has 0 saturated carbocycles. The van der Waals surface area contributed by atoms with E-state index in [0.29, 0.717) is 6.54 Å². The maximum atomic E-state index is 13.2. The van der Waals surface area contributed by atoms with E-state index < -0.39 is 0 Å². The van der Waals surface area contributed by atoms with Gasteiger partial charge in [0.15, 0.2) is 11.9 Å². The number of aromatic nitrogens is 3. The minimum absolute atomic E-state index is 0.143. The molecule has 4 heterocycles. The van der Waals surface area contributed by atoms with Crippen molar-refractivity contribution in [2.45, 2.75) is 45.8 Å². The summed E-state index contributed by atoms with van der Waals surface area (Å²) in [6.45, 7) is 7.77. The van der Waals surface area contributed by atoms with E-state index in [1.54, 1.807) is 0 Å². The fraction of sp³-hybridized carbons (Fsp3) is 0.588. The van der Waals surface area contributed by atoms with Crippen molar-refractivity contribution in [1.82, 2.24) is 24.6 Å². The molecule has 2 aromatic heterocycles. The summed E-state index contributed by atoms with van der Waals surface area (Å²) in [7, 11) is 0. The Bertz CT molecular complexity index is 744. The summed E-state index contributed by atoms with van der Waals surface area (Å²) in [5.41, 5.74) is 0. The second-order valence-corrected chi connectivity index (χ2v) is 6.67. The number of carbonyl (C=O) groups excluding carboxylic acids is 1. The Labute approximate surface area is 141 Å². The van der Waals surface area contributed by atoms with Crippen molar-refractivity contribution in [3.63, 3.8) is 0 Å². The van der Waals surface area contributed by atoms with Gasteiger partial charge < -0.3 is 13.9 Å². The number of nitrogens with zero attached hydrogens (tertiary/aromatic N) is 5. The third kappa shape index (κ3) is 2.62. The highest BCUT2D eigenvalue weighted by Gasteiger charge is 2.39. The first-order valence-corrected chi connectivity index (χ1v) is 8.61. The van der Waals surface area contributed by atoms with Crippen LogP contribution in [0.4, 0.5) is 0 Å². The average Bonchev–Trinajstić information content (AvgIpc) is 3.29. The van der Waals surface area contributed by atoms with Gasteiger partial charge in [-0.25, -0.2) is 0 Å². The normalized spacial score (nSPS) is 21.2. The first-order valence-electron chi connectivity index (χ1n) is 8.61. The Morgan fingerprint density at radius 2 is 1.96 bits per heavy atom. The molecule has 0 spiro atoms. The lowest BCUT2D eigenvalue weighted by Gasteiger charge is -2.36. The zero-order chi connectivity index (χ0) is 16.7. The van der Waals surface area contributed by atoms with Crippen LogP contribution in [0.25, 0.3) is 0 Å². The number of hydrogen-bond donors (Lipinski definition) is 0. The van der Waals surface area contributed by atoms with Crippen LogP contribution in [-0.4, -0.2) is 50.1 Å². The van der Waals surface area contributed by atoms with E-state index in [1.807, 2.05) is 30.9 Å². The van der Waals surface area contributed by atoms with Gasteiger partial charge in [0.05, 0.1) is 6.54 Å². The minimum atomic E-state index is -0.372. The van der Waals surface area contributed by atoms with Gasteiger partial charge in [-0.2, -0.15) is 0 Å². The van der Waals surface area contributed by atoms with E-state index in [2.05, 4.69) is 19.7 Å². The summed E-state index contributed by atoms with van der Waals surface area (Å²) in [6, 6.07) is 3.57. The molecule has 1 atom stereocenters. The van der Waals surface area contributed by atoms with Crippen molar-refractivity contribution in [1.29, 1.82) is 0 Å². The monoisotopic (exact) mass is 329 g/mol. The lowest BCUT2D eigenvalue weighted by atomic mass is 10.1. The molecule has 1 amide bonds. The summed E-state index contributed by atoms with van der Waals surface area (Å²) in [5, 5.41) is 8.52. The quantitative estimate of drug-likeness (QED) is 0.857. The van der Waals surface area contributed by atoms with E-state index in [-0.39, 0.29) is 11.9 Å². The third-order valence-electron chi connectivity index (χ3n) is 4.99. The third-order valence-corrected chi connectivity index (χ3v) is 4.99. The molecule has 2 aliphatic rings. The van der Waals surface area contributed by atoms with Crippen LogP contribution in [0.2, 0.25) is 0 Å². The predicted molar refractivity (Wildman–Crippen MR) is 87.2 cm³/mol. The Kier molecular flexibility index (Phi) is 3.88. The highest BCUT2D eigenvalue weighted by molar-refractivity contribution is 5.83. The fourth-order valence-corrected chi connectivity index (χ4v) is 3.71. The van der Waals surface area contributed by atoms with Crippen molar-refractivity contribution in [3.05, 3.63) is 35.3 Å². The van der Waals surface area contributed by atoms with Gasteiger partial charge in [0.2, 0.25) is 5.91 Å². The molecule has 0 N–H and O–H groups in total. The largest absolute Gasteiger partial charge is 0.465 e. The summed E-state index contributed by atoms with van der Waals surface area (Å²) in [5.74, 6) is 3.56. The van der Waals surface area contributed by atoms with Crippen molar-refractivity contribution < 1.29 is 9.21 Å². The van der Waals surface area contributed by atoms with Crippen molar-refractivity contribution >= 4 is 5.91 Å². The molecule has 24 heavy (non-hydrogen) atoms. The van der Waals surface area contributed by atoms with Crippen LogP contribution in [-0.2, 0) is 17.9 Å². The first-order chi connectivity index (χ1) is 11.6. The topological polar surface area (TPSA) is 67.4 Å². The van der Waals surface area contributed by atoms with Gasteiger partial charge in [-0.15, -0.1) is 10.2 Å². The fourth-order valence-electron chi connectivity index (χ4n) is 3.71. The van der Waals surface area contributed by atoms with Crippen LogP contribution in [0.5, 0.6) is 0 Å². The van der Waals surface area contributed by atoms with Gasteiger partial charge in [-0.1, -0.05) is 0 Å². The number of aryl methyl sites for hydroxylation is 2. The molecule has 2 aromatic rings. The number of rotatable bonds is 3. The van der Waals surface area contributed by atoms with Gasteiger partial charge in [0.25, 0.3) is 0 Å². The zero-order valence-electron chi connectivity index (χ0n) is 14.2. The summed E-state index contributed by atoms with van der Waals surface area (Å²) in [4.78, 5) is 17.3. The van der Waals surface area contributed by atoms with Crippen molar-refractivity contribution in [2.75, 3.05) is 19.6 Å². The molecule has 1 saturated heterocycles. The molecule has 0 aromatic carbocycles. The summed E-state index contributed by atoms with van der Waals surface area (Å²) >= 11 is 0. The molecule has 1 unspecified atom stereocenters. The molecule has 7 nitrogen and oxygen atoms in total. The number of carbonyl (C=O) groups is 1. The van der Waals surface area contributed by atoms with Gasteiger partial charge >= 0.3 is 0 Å². The van der Waals surface area contributed by atoms with Gasteiger partial charge in [0, 0.05) is 26.2 Å². The maximum Gasteiger partial charge on any atom is 0.247 e.